The number of ether oxygens (including phenoxy) is 2. The summed E-state index contributed by atoms with van der Waals surface area (Å²) in [5, 5.41) is 0. The number of hydrogen-bond acceptors (Lipinski definition) is 6. The Morgan fingerprint density at radius 1 is 0.516 bits per heavy atom. The number of phosphoric acid groups is 1. The van der Waals surface area contributed by atoms with E-state index in [9.17, 15) is 14.3 Å². The molecule has 1 N–H and O–H groups in total. The minimum atomic E-state index is -4.28. The molecule has 0 aromatic rings. The van der Waals surface area contributed by atoms with Gasteiger partial charge >= 0.3 is 13.8 Å². The maximum absolute atomic E-state index is 12.8. The molecule has 2 atom stereocenters. The number of esters is 1. The summed E-state index contributed by atoms with van der Waals surface area (Å²) in [5.41, 5.74) is 0. The number of hydrogen-bond donors (Lipinski definition) is 1. The van der Waals surface area contributed by atoms with E-state index in [4.69, 9.17) is 18.5 Å². The number of phosphoric ester groups is 1. The first kappa shape index (κ1) is 60.5. The summed E-state index contributed by atoms with van der Waals surface area (Å²) in [7, 11) is 1.66. The van der Waals surface area contributed by atoms with Crippen molar-refractivity contribution in [3.05, 3.63) is 48.6 Å². The highest BCUT2D eigenvalue weighted by atomic mass is 31.2. The van der Waals surface area contributed by atoms with Gasteiger partial charge in [-0.1, -0.05) is 217 Å². The summed E-state index contributed by atoms with van der Waals surface area (Å²) in [5.74, 6) is -0.325. The van der Waals surface area contributed by atoms with Crippen LogP contribution in [0.3, 0.4) is 0 Å². The van der Waals surface area contributed by atoms with Gasteiger partial charge < -0.3 is 18.9 Å². The third kappa shape index (κ3) is 49.5. The molecule has 0 saturated carbocycles. The van der Waals surface area contributed by atoms with Crippen LogP contribution in [0.5, 0.6) is 0 Å². The Balaban J connectivity index is 4.14. The molecule has 0 aliphatic carbocycles. The molecule has 0 radical (unpaired) electrons. The van der Waals surface area contributed by atoms with Crippen LogP contribution in [-0.2, 0) is 27.9 Å². The van der Waals surface area contributed by atoms with Crippen LogP contribution in [0.15, 0.2) is 48.6 Å². The molecular weight excluding hydrogens is 794 g/mol. The number of unbranched alkanes of at least 4 members (excludes halogenated alkanes) is 26. The number of rotatable bonds is 48. The molecule has 0 saturated heterocycles. The van der Waals surface area contributed by atoms with Gasteiger partial charge in [0, 0.05) is 13.0 Å². The molecule has 0 aliphatic rings. The third-order valence-corrected chi connectivity index (χ3v) is 12.1. The minimum Gasteiger partial charge on any atom is -0.457 e. The standard InChI is InChI=1S/C53H100NO7P/c1-6-8-10-12-14-16-18-20-22-24-26-27-29-31-33-35-37-39-41-43-45-48-58-50-52(51-60-62(56,57)59-49-47-54(3,4)5)61-53(55)46-44-42-40-38-36-34-32-30-28-25-23-21-19-17-15-13-11-9-7-2/h9,11,15,17,21,23,28,30,52H,6-8,10,12-14,16,18-20,22,24-27,29,31-51H2,1-5H3/p+1/b11-9-,17-15-,23-21-,30-28-. The fourth-order valence-electron chi connectivity index (χ4n) is 7.19. The fourth-order valence-corrected chi connectivity index (χ4v) is 7.93. The van der Waals surface area contributed by atoms with Crippen molar-refractivity contribution in [2.45, 2.75) is 232 Å². The van der Waals surface area contributed by atoms with Crippen molar-refractivity contribution >= 4 is 13.8 Å². The van der Waals surface area contributed by atoms with Crippen molar-refractivity contribution in [1.82, 2.24) is 0 Å². The zero-order chi connectivity index (χ0) is 45.5. The maximum Gasteiger partial charge on any atom is 0.472 e. The number of carbonyl (C=O) groups is 1. The van der Waals surface area contributed by atoms with Gasteiger partial charge in [0.15, 0.2) is 0 Å². The van der Waals surface area contributed by atoms with Crippen LogP contribution in [0.4, 0.5) is 0 Å². The molecule has 0 bridgehead atoms. The van der Waals surface area contributed by atoms with E-state index >= 15 is 0 Å². The van der Waals surface area contributed by atoms with E-state index in [2.05, 4.69) is 62.5 Å². The number of quaternary nitrogens is 1. The number of nitrogens with zero attached hydrogens (tertiary/aromatic N) is 1. The molecule has 62 heavy (non-hydrogen) atoms. The number of carbonyl (C=O) groups excluding carboxylic acids is 1. The number of likely N-dealkylation sites (N-methyl/N-ethyl adjacent to an activating group) is 1. The molecule has 0 aromatic carbocycles. The first-order chi connectivity index (χ1) is 30.1. The number of allylic oxidation sites excluding steroid dienone is 8. The lowest BCUT2D eigenvalue weighted by molar-refractivity contribution is -0.870. The largest absolute Gasteiger partial charge is 0.472 e. The summed E-state index contributed by atoms with van der Waals surface area (Å²) >= 11 is 0. The van der Waals surface area contributed by atoms with Gasteiger partial charge in [-0.05, 0) is 51.4 Å². The summed E-state index contributed by atoms with van der Waals surface area (Å²) in [6.07, 6.45) is 57.3. The summed E-state index contributed by atoms with van der Waals surface area (Å²) in [6.45, 7) is 5.53. The van der Waals surface area contributed by atoms with Crippen molar-refractivity contribution < 1.29 is 37.3 Å². The van der Waals surface area contributed by atoms with E-state index in [1.165, 1.54) is 135 Å². The van der Waals surface area contributed by atoms with E-state index in [1.807, 2.05) is 21.1 Å². The molecule has 0 rings (SSSR count). The average molecular weight is 895 g/mol. The Morgan fingerprint density at radius 2 is 0.935 bits per heavy atom. The molecule has 0 aromatic heterocycles. The predicted molar refractivity (Wildman–Crippen MR) is 266 cm³/mol. The van der Waals surface area contributed by atoms with E-state index in [0.717, 1.165) is 70.6 Å². The molecule has 0 amide bonds. The second-order valence-electron chi connectivity index (χ2n) is 18.5. The zero-order valence-electron chi connectivity index (χ0n) is 41.4. The monoisotopic (exact) mass is 895 g/mol. The van der Waals surface area contributed by atoms with Gasteiger partial charge in [0.1, 0.15) is 19.3 Å². The van der Waals surface area contributed by atoms with Gasteiger partial charge in [-0.25, -0.2) is 4.57 Å². The van der Waals surface area contributed by atoms with E-state index in [-0.39, 0.29) is 25.8 Å². The van der Waals surface area contributed by atoms with Gasteiger partial charge in [0.25, 0.3) is 0 Å². The van der Waals surface area contributed by atoms with Crippen LogP contribution < -0.4 is 0 Å². The Kier molecular flexibility index (Phi) is 44.9. The second kappa shape index (κ2) is 46.0. The Morgan fingerprint density at radius 3 is 1.40 bits per heavy atom. The highest BCUT2D eigenvalue weighted by Crippen LogP contribution is 2.43. The van der Waals surface area contributed by atoms with Crippen LogP contribution >= 0.6 is 7.82 Å². The Bertz CT molecular complexity index is 1130. The molecule has 2 unspecified atom stereocenters. The van der Waals surface area contributed by atoms with Gasteiger partial charge in [-0.3, -0.25) is 13.8 Å². The quantitative estimate of drug-likeness (QED) is 0.0214. The molecule has 0 fully saturated rings. The second-order valence-corrected chi connectivity index (χ2v) is 20.0. The van der Waals surface area contributed by atoms with Crippen molar-refractivity contribution in [3.8, 4) is 0 Å². The van der Waals surface area contributed by atoms with Crippen molar-refractivity contribution in [3.63, 3.8) is 0 Å². The maximum atomic E-state index is 12.8. The van der Waals surface area contributed by atoms with E-state index in [1.54, 1.807) is 0 Å². The SMILES string of the molecule is CC/C=C\C/C=C\C/C=C\C/C=C\CCCCCCCCC(=O)OC(COCCCCCCCCCCCCCCCCCCCCCCC)COP(=O)(O)OCC[N+](C)(C)C. The summed E-state index contributed by atoms with van der Waals surface area (Å²) in [4.78, 5) is 23.0. The Hall–Kier alpha value is -1.54. The van der Waals surface area contributed by atoms with Crippen LogP contribution in [0.1, 0.15) is 226 Å². The lowest BCUT2D eigenvalue weighted by Gasteiger charge is -2.24. The Labute approximate surface area is 384 Å². The topological polar surface area (TPSA) is 91.3 Å². The first-order valence-electron chi connectivity index (χ1n) is 25.9. The lowest BCUT2D eigenvalue weighted by atomic mass is 10.0. The van der Waals surface area contributed by atoms with Gasteiger partial charge in [0.2, 0.25) is 0 Å². The lowest BCUT2D eigenvalue weighted by Crippen LogP contribution is -2.37. The van der Waals surface area contributed by atoms with Crippen molar-refractivity contribution in [1.29, 1.82) is 0 Å². The molecular formula is C53H101NO7P+. The molecule has 364 valence electrons. The van der Waals surface area contributed by atoms with Gasteiger partial charge in [0.05, 0.1) is 34.4 Å². The van der Waals surface area contributed by atoms with Crippen molar-refractivity contribution in [2.75, 3.05) is 54.1 Å². The van der Waals surface area contributed by atoms with Crippen LogP contribution in [0, 0.1) is 0 Å². The van der Waals surface area contributed by atoms with Crippen LogP contribution in [-0.4, -0.2) is 75.6 Å². The van der Waals surface area contributed by atoms with Crippen molar-refractivity contribution in [2.24, 2.45) is 0 Å². The first-order valence-corrected chi connectivity index (χ1v) is 27.4. The summed E-state index contributed by atoms with van der Waals surface area (Å²) < 4.78 is 35.2. The van der Waals surface area contributed by atoms with Crippen LogP contribution in [0.25, 0.3) is 0 Å². The fraction of sp³-hybridized carbons (Fsp3) is 0.830. The van der Waals surface area contributed by atoms with Gasteiger partial charge in [-0.2, -0.15) is 0 Å². The normalized spacial score (nSPS) is 14.0. The summed E-state index contributed by atoms with van der Waals surface area (Å²) in [6, 6.07) is 0. The average Bonchev–Trinajstić information content (AvgIpc) is 3.23. The molecule has 9 heteroatoms. The smallest absolute Gasteiger partial charge is 0.457 e. The minimum absolute atomic E-state index is 0.0855. The van der Waals surface area contributed by atoms with E-state index < -0.39 is 13.9 Å². The molecule has 0 aliphatic heterocycles. The molecule has 8 nitrogen and oxygen atoms in total. The van der Waals surface area contributed by atoms with Crippen LogP contribution in [0.2, 0.25) is 0 Å². The molecule has 0 heterocycles. The highest BCUT2D eigenvalue weighted by molar-refractivity contribution is 7.47. The third-order valence-electron chi connectivity index (χ3n) is 11.2. The predicted octanol–water partition coefficient (Wildman–Crippen LogP) is 15.9. The zero-order valence-corrected chi connectivity index (χ0v) is 42.3. The van der Waals surface area contributed by atoms with Gasteiger partial charge in [-0.15, -0.1) is 0 Å². The van der Waals surface area contributed by atoms with E-state index in [0.29, 0.717) is 24.1 Å². The highest BCUT2D eigenvalue weighted by Gasteiger charge is 2.26. The molecule has 0 spiro atoms.